The van der Waals surface area contributed by atoms with Gasteiger partial charge in [-0.25, -0.2) is 0 Å². The third-order valence-electron chi connectivity index (χ3n) is 2.09. The summed E-state index contributed by atoms with van der Waals surface area (Å²) in [4.78, 5) is 0. The number of hydrogen-bond acceptors (Lipinski definition) is 1. The predicted molar refractivity (Wildman–Crippen MR) is 76.0 cm³/mol. The second-order valence-electron chi connectivity index (χ2n) is 4.95. The molecule has 1 nitrogen and oxygen atoms in total. The zero-order chi connectivity index (χ0) is 13.1. The zero-order valence-electron chi connectivity index (χ0n) is 10.2. The lowest BCUT2D eigenvalue weighted by Crippen LogP contribution is -2.01. The van der Waals surface area contributed by atoms with Crippen LogP contribution >= 0.6 is 27.5 Å². The number of aliphatic hydroxyl groups excluding tert-OH is 1. The monoisotopic (exact) mass is 314 g/mol. The molecule has 17 heavy (non-hydrogen) atoms. The number of benzene rings is 1. The Hall–Kier alpha value is -0.490. The lowest BCUT2D eigenvalue weighted by Gasteiger charge is -2.10. The fraction of sp³-hybridized carbons (Fsp3) is 0.429. The molecule has 1 N–H and O–H groups in total. The molecule has 92 valence electrons. The van der Waals surface area contributed by atoms with Gasteiger partial charge in [-0.15, -0.1) is 0 Å². The van der Waals surface area contributed by atoms with Crippen molar-refractivity contribution >= 4 is 27.5 Å². The van der Waals surface area contributed by atoms with Crippen LogP contribution in [0.2, 0.25) is 5.02 Å². The molecular formula is C14H16BrClO. The maximum absolute atomic E-state index is 9.97. The standard InChI is InChI=1S/C14H16BrClO/c1-14(2,3)8-4-5-13(17)10-6-7-12(16)11(15)9-10/h6-7,9,13,17H,5H2,1-3H3. The van der Waals surface area contributed by atoms with Crippen LogP contribution in [-0.4, -0.2) is 5.11 Å². The summed E-state index contributed by atoms with van der Waals surface area (Å²) >= 11 is 9.23. The van der Waals surface area contributed by atoms with E-state index in [0.29, 0.717) is 11.4 Å². The van der Waals surface area contributed by atoms with Crippen LogP contribution in [0, 0.1) is 17.3 Å². The second kappa shape index (κ2) is 5.91. The van der Waals surface area contributed by atoms with Gasteiger partial charge in [-0.1, -0.05) is 29.5 Å². The first-order chi connectivity index (χ1) is 7.79. The van der Waals surface area contributed by atoms with Crippen molar-refractivity contribution in [2.45, 2.75) is 33.3 Å². The molecule has 1 aromatic carbocycles. The van der Waals surface area contributed by atoms with E-state index < -0.39 is 6.10 Å². The third-order valence-corrected chi connectivity index (χ3v) is 3.30. The van der Waals surface area contributed by atoms with Gasteiger partial charge in [-0.2, -0.15) is 0 Å². The van der Waals surface area contributed by atoms with E-state index in [9.17, 15) is 5.11 Å². The van der Waals surface area contributed by atoms with Gasteiger partial charge >= 0.3 is 0 Å². The minimum atomic E-state index is -0.571. The molecule has 3 heteroatoms. The maximum Gasteiger partial charge on any atom is 0.0899 e. The fourth-order valence-corrected chi connectivity index (χ4v) is 1.76. The van der Waals surface area contributed by atoms with E-state index in [1.807, 2.05) is 32.9 Å². The van der Waals surface area contributed by atoms with Gasteiger partial charge in [-0.3, -0.25) is 0 Å². The highest BCUT2D eigenvalue weighted by atomic mass is 79.9. The molecule has 1 aromatic rings. The Morgan fingerprint density at radius 1 is 1.41 bits per heavy atom. The zero-order valence-corrected chi connectivity index (χ0v) is 12.6. The Kier molecular flexibility index (Phi) is 5.06. The quantitative estimate of drug-likeness (QED) is 0.792. The molecule has 0 bridgehead atoms. The summed E-state index contributed by atoms with van der Waals surface area (Å²) in [6, 6.07) is 5.41. The van der Waals surface area contributed by atoms with Crippen LogP contribution in [0.1, 0.15) is 38.9 Å². The topological polar surface area (TPSA) is 20.2 Å². The third kappa shape index (κ3) is 5.12. The molecule has 0 saturated heterocycles. The molecule has 0 radical (unpaired) electrons. The molecule has 0 aromatic heterocycles. The number of hydrogen-bond donors (Lipinski definition) is 1. The van der Waals surface area contributed by atoms with Gasteiger partial charge in [0, 0.05) is 16.3 Å². The van der Waals surface area contributed by atoms with E-state index >= 15 is 0 Å². The molecule has 1 atom stereocenters. The normalized spacial score (nSPS) is 12.8. The summed E-state index contributed by atoms with van der Waals surface area (Å²) < 4.78 is 0.791. The molecule has 0 amide bonds. The molecule has 0 aliphatic heterocycles. The van der Waals surface area contributed by atoms with Gasteiger partial charge in [0.15, 0.2) is 0 Å². The molecule has 1 rings (SSSR count). The highest BCUT2D eigenvalue weighted by Crippen LogP contribution is 2.27. The molecule has 0 aliphatic carbocycles. The van der Waals surface area contributed by atoms with E-state index in [4.69, 9.17) is 11.6 Å². The lowest BCUT2D eigenvalue weighted by atomic mass is 9.97. The molecule has 1 unspecified atom stereocenters. The van der Waals surface area contributed by atoms with Crippen LogP contribution in [0.25, 0.3) is 0 Å². The number of aliphatic hydroxyl groups is 1. The first kappa shape index (κ1) is 14.6. The van der Waals surface area contributed by atoms with Crippen molar-refractivity contribution in [3.05, 3.63) is 33.3 Å². The van der Waals surface area contributed by atoms with E-state index in [0.717, 1.165) is 10.0 Å². The molecule has 0 aliphatic rings. The Morgan fingerprint density at radius 3 is 2.59 bits per heavy atom. The van der Waals surface area contributed by atoms with Gasteiger partial charge in [0.05, 0.1) is 11.1 Å². The molecule has 0 spiro atoms. The fourth-order valence-electron chi connectivity index (χ4n) is 1.25. The smallest absolute Gasteiger partial charge is 0.0899 e. The summed E-state index contributed by atoms with van der Waals surface area (Å²) in [7, 11) is 0. The van der Waals surface area contributed by atoms with Crippen molar-refractivity contribution < 1.29 is 5.11 Å². The van der Waals surface area contributed by atoms with Crippen LogP contribution in [-0.2, 0) is 0 Å². The van der Waals surface area contributed by atoms with E-state index in [1.54, 1.807) is 6.07 Å². The number of halogens is 2. The minimum absolute atomic E-state index is 0.0275. The Labute approximate surface area is 116 Å². The average molecular weight is 316 g/mol. The Balaban J connectivity index is 2.73. The SMILES string of the molecule is CC(C)(C)C#CCC(O)c1ccc(Cl)c(Br)c1. The largest absolute Gasteiger partial charge is 0.387 e. The Morgan fingerprint density at radius 2 is 2.06 bits per heavy atom. The van der Waals surface area contributed by atoms with Crippen molar-refractivity contribution in [3.63, 3.8) is 0 Å². The van der Waals surface area contributed by atoms with Gasteiger partial charge in [-0.05, 0) is 54.4 Å². The van der Waals surface area contributed by atoms with Crippen molar-refractivity contribution in [1.29, 1.82) is 0 Å². The van der Waals surface area contributed by atoms with Crippen molar-refractivity contribution in [3.8, 4) is 11.8 Å². The van der Waals surface area contributed by atoms with Crippen molar-refractivity contribution in [1.82, 2.24) is 0 Å². The minimum Gasteiger partial charge on any atom is -0.387 e. The summed E-state index contributed by atoms with van der Waals surface area (Å²) in [6.07, 6.45) is -0.135. The highest BCUT2D eigenvalue weighted by molar-refractivity contribution is 9.10. The van der Waals surface area contributed by atoms with Gasteiger partial charge in [0.2, 0.25) is 0 Å². The first-order valence-corrected chi connectivity index (χ1v) is 6.60. The summed E-state index contributed by atoms with van der Waals surface area (Å²) in [5.41, 5.74) is 0.796. The second-order valence-corrected chi connectivity index (χ2v) is 6.21. The number of rotatable bonds is 2. The van der Waals surface area contributed by atoms with Crippen LogP contribution in [0.5, 0.6) is 0 Å². The molecule has 0 saturated carbocycles. The molecule has 0 heterocycles. The Bertz CT molecular complexity index is 452. The lowest BCUT2D eigenvalue weighted by molar-refractivity contribution is 0.184. The van der Waals surface area contributed by atoms with E-state index in [-0.39, 0.29) is 5.41 Å². The van der Waals surface area contributed by atoms with Crippen LogP contribution in [0.15, 0.2) is 22.7 Å². The predicted octanol–water partition coefficient (Wildman–Crippen LogP) is 4.58. The van der Waals surface area contributed by atoms with Gasteiger partial charge in [0.25, 0.3) is 0 Å². The summed E-state index contributed by atoms with van der Waals surface area (Å²) in [5, 5.41) is 10.6. The van der Waals surface area contributed by atoms with E-state index in [2.05, 4.69) is 27.8 Å². The van der Waals surface area contributed by atoms with Gasteiger partial charge in [0.1, 0.15) is 0 Å². The maximum atomic E-state index is 9.97. The van der Waals surface area contributed by atoms with Gasteiger partial charge < -0.3 is 5.11 Å². The summed E-state index contributed by atoms with van der Waals surface area (Å²) in [6.45, 7) is 6.14. The first-order valence-electron chi connectivity index (χ1n) is 5.42. The summed E-state index contributed by atoms with van der Waals surface area (Å²) in [5.74, 6) is 6.11. The van der Waals surface area contributed by atoms with Crippen molar-refractivity contribution in [2.24, 2.45) is 5.41 Å². The van der Waals surface area contributed by atoms with Crippen LogP contribution in [0.4, 0.5) is 0 Å². The highest BCUT2D eigenvalue weighted by Gasteiger charge is 2.09. The average Bonchev–Trinajstić information content (AvgIpc) is 2.20. The van der Waals surface area contributed by atoms with Crippen LogP contribution in [0.3, 0.4) is 0 Å². The van der Waals surface area contributed by atoms with Crippen LogP contribution < -0.4 is 0 Å². The van der Waals surface area contributed by atoms with Crippen molar-refractivity contribution in [2.75, 3.05) is 0 Å². The van der Waals surface area contributed by atoms with E-state index in [1.165, 1.54) is 0 Å². The molecule has 0 fully saturated rings. The molecular weight excluding hydrogens is 300 g/mol.